The Kier molecular flexibility index (Phi) is 7.02. The highest BCUT2D eigenvalue weighted by Gasteiger charge is 2.18. The Morgan fingerprint density at radius 3 is 2.74 bits per heavy atom. The van der Waals surface area contributed by atoms with Crippen LogP contribution in [0.4, 0.5) is 10.7 Å². The van der Waals surface area contributed by atoms with Crippen molar-refractivity contribution in [1.82, 2.24) is 24.4 Å². The molecule has 10 heteroatoms. The van der Waals surface area contributed by atoms with Crippen molar-refractivity contribution in [2.24, 2.45) is 5.92 Å². The standard InChI is InChI=1S/C25H30N6O4/c1-6-34-25(33)29-24-27-20-10-17(16-7-8-31(13-15(2)3)21(32)11-16)9-19(22(20)28-24)23-26-12-18(35-23)14-30(4)5/h7-12,15H,6,13-14H2,1-5H3,(H2,27,28,29,33). The Balaban J connectivity index is 1.81. The molecule has 0 fully saturated rings. The molecule has 0 spiro atoms. The van der Waals surface area contributed by atoms with Gasteiger partial charge in [0.2, 0.25) is 11.8 Å². The third kappa shape index (κ3) is 5.60. The third-order valence-corrected chi connectivity index (χ3v) is 5.23. The number of pyridine rings is 1. The molecule has 0 unspecified atom stereocenters. The molecule has 1 aromatic carbocycles. The molecule has 3 aromatic heterocycles. The summed E-state index contributed by atoms with van der Waals surface area (Å²) in [6.07, 6.45) is 2.89. The lowest BCUT2D eigenvalue weighted by molar-refractivity contribution is 0.167. The molecule has 10 nitrogen and oxygen atoms in total. The van der Waals surface area contributed by atoms with Crippen LogP contribution in [0.3, 0.4) is 0 Å². The van der Waals surface area contributed by atoms with Gasteiger partial charge < -0.3 is 23.6 Å². The van der Waals surface area contributed by atoms with Crippen molar-refractivity contribution in [2.75, 3.05) is 26.0 Å². The molecule has 0 atom stereocenters. The number of nitrogens with zero attached hydrogens (tertiary/aromatic N) is 4. The van der Waals surface area contributed by atoms with E-state index in [1.807, 2.05) is 43.4 Å². The van der Waals surface area contributed by atoms with Gasteiger partial charge in [0, 0.05) is 18.8 Å². The first-order valence-electron chi connectivity index (χ1n) is 11.5. The number of aromatic amines is 1. The third-order valence-electron chi connectivity index (χ3n) is 5.23. The Labute approximate surface area is 202 Å². The Morgan fingerprint density at radius 1 is 1.26 bits per heavy atom. The highest BCUT2D eigenvalue weighted by molar-refractivity contribution is 5.96. The molecule has 0 aliphatic carbocycles. The van der Waals surface area contributed by atoms with Gasteiger partial charge in [-0.1, -0.05) is 13.8 Å². The SMILES string of the molecule is CCOC(=O)Nc1nc2c(-c3ncc(CN(C)C)o3)cc(-c3ccn(CC(C)C)c(=O)c3)cc2[nH]1. The van der Waals surface area contributed by atoms with Crippen LogP contribution in [0, 0.1) is 5.92 Å². The Bertz CT molecular complexity index is 1400. The molecule has 0 aliphatic rings. The minimum atomic E-state index is -0.605. The maximum atomic E-state index is 12.7. The average molecular weight is 479 g/mol. The van der Waals surface area contributed by atoms with E-state index in [0.29, 0.717) is 47.3 Å². The van der Waals surface area contributed by atoms with Crippen LogP contribution >= 0.6 is 0 Å². The Hall–Kier alpha value is -3.92. The molecule has 2 N–H and O–H groups in total. The number of imidazole rings is 1. The number of fused-ring (bicyclic) bond motifs is 1. The van der Waals surface area contributed by atoms with Crippen LogP contribution in [0.5, 0.6) is 0 Å². The first-order valence-corrected chi connectivity index (χ1v) is 11.5. The lowest BCUT2D eigenvalue weighted by Crippen LogP contribution is -2.20. The van der Waals surface area contributed by atoms with Gasteiger partial charge in [-0.05, 0) is 56.3 Å². The van der Waals surface area contributed by atoms with Gasteiger partial charge in [-0.15, -0.1) is 0 Å². The maximum Gasteiger partial charge on any atom is 0.413 e. The van der Waals surface area contributed by atoms with Crippen molar-refractivity contribution in [2.45, 2.75) is 33.9 Å². The highest BCUT2D eigenvalue weighted by Crippen LogP contribution is 2.33. The number of rotatable bonds is 8. The molecule has 35 heavy (non-hydrogen) atoms. The summed E-state index contributed by atoms with van der Waals surface area (Å²) in [6, 6.07) is 7.31. The van der Waals surface area contributed by atoms with Gasteiger partial charge in [0.25, 0.3) is 5.56 Å². The number of hydrogen-bond donors (Lipinski definition) is 2. The number of benzene rings is 1. The molecule has 4 aromatic rings. The van der Waals surface area contributed by atoms with Gasteiger partial charge >= 0.3 is 6.09 Å². The Morgan fingerprint density at radius 2 is 2.06 bits per heavy atom. The van der Waals surface area contributed by atoms with Crippen LogP contribution in [-0.2, 0) is 17.8 Å². The van der Waals surface area contributed by atoms with Crippen LogP contribution in [0.25, 0.3) is 33.6 Å². The zero-order valence-corrected chi connectivity index (χ0v) is 20.6. The summed E-state index contributed by atoms with van der Waals surface area (Å²) in [5, 5.41) is 2.60. The summed E-state index contributed by atoms with van der Waals surface area (Å²) in [5.74, 6) is 1.71. The fraction of sp³-hybridized carbons (Fsp3) is 0.360. The second kappa shape index (κ2) is 10.1. The van der Waals surface area contributed by atoms with Crippen LogP contribution in [0.2, 0.25) is 0 Å². The van der Waals surface area contributed by atoms with Gasteiger partial charge in [0.05, 0.1) is 30.4 Å². The van der Waals surface area contributed by atoms with E-state index in [1.165, 1.54) is 0 Å². The minimum Gasteiger partial charge on any atom is -0.450 e. The van der Waals surface area contributed by atoms with E-state index in [4.69, 9.17) is 9.15 Å². The lowest BCUT2D eigenvalue weighted by Gasteiger charge is -2.10. The molecule has 3 heterocycles. The van der Waals surface area contributed by atoms with Crippen LogP contribution in [0.15, 0.2) is 45.9 Å². The average Bonchev–Trinajstić information content (AvgIpc) is 3.40. The quantitative estimate of drug-likeness (QED) is 0.387. The molecule has 184 valence electrons. The summed E-state index contributed by atoms with van der Waals surface area (Å²) >= 11 is 0. The fourth-order valence-electron chi connectivity index (χ4n) is 3.82. The fourth-order valence-corrected chi connectivity index (χ4v) is 3.82. The van der Waals surface area contributed by atoms with Crippen molar-refractivity contribution in [1.29, 1.82) is 0 Å². The number of H-pyrrole nitrogens is 1. The number of nitrogens with one attached hydrogen (secondary N) is 2. The van der Waals surface area contributed by atoms with Gasteiger partial charge in [-0.2, -0.15) is 0 Å². The number of aromatic nitrogens is 4. The highest BCUT2D eigenvalue weighted by atomic mass is 16.5. The molecule has 0 saturated heterocycles. The number of anilines is 1. The lowest BCUT2D eigenvalue weighted by atomic mass is 10.0. The summed E-state index contributed by atoms with van der Waals surface area (Å²) in [5.41, 5.74) is 3.35. The second-order valence-corrected chi connectivity index (χ2v) is 9.02. The van der Waals surface area contributed by atoms with E-state index >= 15 is 0 Å². The van der Waals surface area contributed by atoms with Crippen molar-refractivity contribution in [3.63, 3.8) is 0 Å². The summed E-state index contributed by atoms with van der Waals surface area (Å²) in [6.45, 7) is 7.36. The zero-order chi connectivity index (χ0) is 25.1. The number of amides is 1. The molecule has 0 radical (unpaired) electrons. The number of oxazole rings is 1. The smallest absolute Gasteiger partial charge is 0.413 e. The summed E-state index contributed by atoms with van der Waals surface area (Å²) in [7, 11) is 3.90. The molecular weight excluding hydrogens is 448 g/mol. The largest absolute Gasteiger partial charge is 0.450 e. The zero-order valence-electron chi connectivity index (χ0n) is 20.6. The van der Waals surface area contributed by atoms with Crippen LogP contribution in [0.1, 0.15) is 26.5 Å². The van der Waals surface area contributed by atoms with E-state index in [-0.39, 0.29) is 18.1 Å². The maximum absolute atomic E-state index is 12.7. The predicted molar refractivity (Wildman–Crippen MR) is 134 cm³/mol. The summed E-state index contributed by atoms with van der Waals surface area (Å²) in [4.78, 5) is 38.7. The molecule has 0 aliphatic heterocycles. The van der Waals surface area contributed by atoms with E-state index in [9.17, 15) is 9.59 Å². The van der Waals surface area contributed by atoms with Gasteiger partial charge in [-0.25, -0.2) is 14.8 Å². The van der Waals surface area contributed by atoms with Gasteiger partial charge in [0.1, 0.15) is 11.3 Å². The number of hydrogen-bond acceptors (Lipinski definition) is 7. The van der Waals surface area contributed by atoms with E-state index in [1.54, 1.807) is 23.8 Å². The molecule has 0 saturated carbocycles. The van der Waals surface area contributed by atoms with Crippen molar-refractivity contribution in [3.8, 4) is 22.6 Å². The van der Waals surface area contributed by atoms with E-state index in [2.05, 4.69) is 34.1 Å². The van der Waals surface area contributed by atoms with Crippen molar-refractivity contribution in [3.05, 3.63) is 52.8 Å². The van der Waals surface area contributed by atoms with Crippen LogP contribution in [-0.4, -0.2) is 51.2 Å². The minimum absolute atomic E-state index is 0.0727. The number of ether oxygens (including phenoxy) is 1. The van der Waals surface area contributed by atoms with E-state index < -0.39 is 6.09 Å². The van der Waals surface area contributed by atoms with Crippen molar-refractivity contribution >= 4 is 23.1 Å². The van der Waals surface area contributed by atoms with E-state index in [0.717, 1.165) is 11.1 Å². The number of carbonyl (C=O) groups is 1. The first-order chi connectivity index (χ1) is 16.7. The molecule has 1 amide bonds. The predicted octanol–water partition coefficient (Wildman–Crippen LogP) is 4.33. The molecular formula is C25H30N6O4. The number of carbonyl (C=O) groups excluding carboxylic acids is 1. The topological polar surface area (TPSA) is 118 Å². The van der Waals surface area contributed by atoms with Gasteiger partial charge in [0.15, 0.2) is 0 Å². The summed E-state index contributed by atoms with van der Waals surface area (Å²) < 4.78 is 12.7. The molecule has 0 bridgehead atoms. The molecule has 4 rings (SSSR count). The second-order valence-electron chi connectivity index (χ2n) is 9.02. The monoisotopic (exact) mass is 478 g/mol. The van der Waals surface area contributed by atoms with Gasteiger partial charge in [-0.3, -0.25) is 10.1 Å². The normalized spacial score (nSPS) is 11.5. The first kappa shape index (κ1) is 24.2. The van der Waals surface area contributed by atoms with Crippen molar-refractivity contribution < 1.29 is 13.9 Å². The van der Waals surface area contributed by atoms with Crippen LogP contribution < -0.4 is 10.9 Å².